The molecule has 2 aromatic rings. The summed E-state index contributed by atoms with van der Waals surface area (Å²) in [6.45, 7) is 0. The summed E-state index contributed by atoms with van der Waals surface area (Å²) >= 11 is 0. The van der Waals surface area contributed by atoms with Gasteiger partial charge in [0.05, 0.1) is 16.9 Å². The summed E-state index contributed by atoms with van der Waals surface area (Å²) in [5.74, 6) is -6.25. The first-order valence-electron chi connectivity index (χ1n) is 6.43. The molecule has 0 aromatic heterocycles. The number of hydrogen-bond acceptors (Lipinski definition) is 2. The minimum Gasteiger partial charge on any atom is -0.319 e. The predicted molar refractivity (Wildman–Crippen MR) is 75.3 cm³/mol. The minimum absolute atomic E-state index is 0.290. The molecule has 24 heavy (non-hydrogen) atoms. The lowest BCUT2D eigenvalue weighted by Gasteiger charge is -2.11. The van der Waals surface area contributed by atoms with Crippen LogP contribution in [0, 0.1) is 17.5 Å². The van der Waals surface area contributed by atoms with E-state index in [0.717, 1.165) is 12.1 Å². The minimum atomic E-state index is -3.41. The van der Waals surface area contributed by atoms with Gasteiger partial charge in [-0.25, -0.2) is 13.2 Å². The Kier molecular flexibility index (Phi) is 5.12. The standard InChI is InChI=1S/C15H9F5N2O2/c16-8-4-2-1-3-7(8)14(23)21-11-6-12(10(18)5-9(11)17)22-15(24)13(19)20/h1-6,13H,(H,21,23)(H,22,24). The van der Waals surface area contributed by atoms with Crippen molar-refractivity contribution in [2.45, 2.75) is 6.43 Å². The smallest absolute Gasteiger partial charge is 0.315 e. The van der Waals surface area contributed by atoms with E-state index in [1.54, 1.807) is 5.32 Å². The molecule has 2 rings (SSSR count). The second-order valence-electron chi connectivity index (χ2n) is 4.54. The van der Waals surface area contributed by atoms with Crippen molar-refractivity contribution < 1.29 is 31.5 Å². The maximum atomic E-state index is 13.7. The average molecular weight is 344 g/mol. The SMILES string of the molecule is O=C(Nc1cc(NC(=O)C(F)F)c(F)cc1F)c1ccccc1F. The second kappa shape index (κ2) is 7.07. The number of hydrogen-bond donors (Lipinski definition) is 2. The molecule has 0 saturated carbocycles. The summed E-state index contributed by atoms with van der Waals surface area (Å²) in [6, 6.07) is 5.74. The van der Waals surface area contributed by atoms with Crippen LogP contribution < -0.4 is 10.6 Å². The van der Waals surface area contributed by atoms with Gasteiger partial charge in [-0.15, -0.1) is 0 Å². The van der Waals surface area contributed by atoms with Crippen molar-refractivity contribution in [3.05, 3.63) is 59.4 Å². The van der Waals surface area contributed by atoms with Crippen molar-refractivity contribution >= 4 is 23.2 Å². The van der Waals surface area contributed by atoms with Gasteiger partial charge < -0.3 is 10.6 Å². The largest absolute Gasteiger partial charge is 0.319 e. The third kappa shape index (κ3) is 3.86. The van der Waals surface area contributed by atoms with Crippen LogP contribution in [-0.4, -0.2) is 18.2 Å². The van der Waals surface area contributed by atoms with Crippen LogP contribution in [0.15, 0.2) is 36.4 Å². The third-order valence-corrected chi connectivity index (χ3v) is 2.88. The quantitative estimate of drug-likeness (QED) is 0.834. The lowest BCUT2D eigenvalue weighted by atomic mass is 10.2. The molecule has 126 valence electrons. The zero-order valence-electron chi connectivity index (χ0n) is 11.7. The van der Waals surface area contributed by atoms with Gasteiger partial charge in [0.15, 0.2) is 0 Å². The highest BCUT2D eigenvalue weighted by molar-refractivity contribution is 6.05. The first-order valence-corrected chi connectivity index (χ1v) is 6.43. The molecule has 0 aliphatic rings. The van der Waals surface area contributed by atoms with E-state index < -0.39 is 52.6 Å². The van der Waals surface area contributed by atoms with Gasteiger partial charge in [-0.1, -0.05) is 12.1 Å². The van der Waals surface area contributed by atoms with E-state index in [2.05, 4.69) is 0 Å². The molecule has 0 spiro atoms. The van der Waals surface area contributed by atoms with E-state index >= 15 is 0 Å². The van der Waals surface area contributed by atoms with Gasteiger partial charge in [0.1, 0.15) is 17.5 Å². The van der Waals surface area contributed by atoms with E-state index in [1.807, 2.05) is 5.32 Å². The Hall–Kier alpha value is -2.97. The van der Waals surface area contributed by atoms with E-state index in [1.165, 1.54) is 12.1 Å². The average Bonchev–Trinajstić information content (AvgIpc) is 2.52. The molecule has 0 fully saturated rings. The number of benzene rings is 2. The molecule has 2 N–H and O–H groups in total. The van der Waals surface area contributed by atoms with E-state index in [0.29, 0.717) is 6.07 Å². The summed E-state index contributed by atoms with van der Waals surface area (Å²) in [7, 11) is 0. The van der Waals surface area contributed by atoms with Crippen molar-refractivity contribution in [2.75, 3.05) is 10.6 Å². The maximum Gasteiger partial charge on any atom is 0.315 e. The fraction of sp³-hybridized carbons (Fsp3) is 0.0667. The van der Waals surface area contributed by atoms with E-state index in [4.69, 9.17) is 0 Å². The van der Waals surface area contributed by atoms with Crippen molar-refractivity contribution in [1.29, 1.82) is 0 Å². The molecule has 2 aromatic carbocycles. The van der Waals surface area contributed by atoms with Crippen LogP contribution in [0.1, 0.15) is 10.4 Å². The zero-order chi connectivity index (χ0) is 17.9. The van der Waals surface area contributed by atoms with Gasteiger partial charge in [-0.2, -0.15) is 8.78 Å². The number of amides is 2. The van der Waals surface area contributed by atoms with Crippen molar-refractivity contribution in [3.63, 3.8) is 0 Å². The lowest BCUT2D eigenvalue weighted by molar-refractivity contribution is -0.126. The van der Waals surface area contributed by atoms with Gasteiger partial charge in [-0.05, 0) is 18.2 Å². The van der Waals surface area contributed by atoms with Crippen LogP contribution in [-0.2, 0) is 4.79 Å². The number of alkyl halides is 2. The molecule has 0 atom stereocenters. The molecule has 0 radical (unpaired) electrons. The highest BCUT2D eigenvalue weighted by Crippen LogP contribution is 2.24. The van der Waals surface area contributed by atoms with Crippen molar-refractivity contribution in [1.82, 2.24) is 0 Å². The van der Waals surface area contributed by atoms with Crippen LogP contribution in [0.2, 0.25) is 0 Å². The predicted octanol–water partition coefficient (Wildman–Crippen LogP) is 3.56. The topological polar surface area (TPSA) is 58.2 Å². The maximum absolute atomic E-state index is 13.7. The first kappa shape index (κ1) is 17.4. The molecule has 2 amide bonds. The van der Waals surface area contributed by atoms with Crippen molar-refractivity contribution in [2.24, 2.45) is 0 Å². The van der Waals surface area contributed by atoms with Gasteiger partial charge in [0.25, 0.3) is 11.8 Å². The number of carbonyl (C=O) groups is 2. The summed E-state index contributed by atoms with van der Waals surface area (Å²) < 4.78 is 65.1. The Morgan fingerprint density at radius 2 is 1.42 bits per heavy atom. The molecule has 0 unspecified atom stereocenters. The molecule has 4 nitrogen and oxygen atoms in total. The van der Waals surface area contributed by atoms with Crippen LogP contribution in [0.25, 0.3) is 0 Å². The Balaban J connectivity index is 2.29. The zero-order valence-corrected chi connectivity index (χ0v) is 11.7. The highest BCUT2D eigenvalue weighted by Gasteiger charge is 2.20. The molecule has 0 heterocycles. The normalized spacial score (nSPS) is 10.6. The van der Waals surface area contributed by atoms with Gasteiger partial charge in [0.2, 0.25) is 0 Å². The Morgan fingerprint density at radius 3 is 2.00 bits per heavy atom. The molecule has 0 aliphatic carbocycles. The summed E-state index contributed by atoms with van der Waals surface area (Å²) in [4.78, 5) is 22.8. The van der Waals surface area contributed by atoms with E-state index in [9.17, 15) is 31.5 Å². The van der Waals surface area contributed by atoms with Gasteiger partial charge >= 0.3 is 6.43 Å². The Bertz CT molecular complexity index is 795. The number of carbonyl (C=O) groups excluding carboxylic acids is 2. The fourth-order valence-corrected chi connectivity index (χ4v) is 1.76. The molecule has 9 heteroatoms. The molecular weight excluding hydrogens is 335 g/mol. The molecular formula is C15H9F5N2O2. The van der Waals surface area contributed by atoms with Crippen LogP contribution in [0.5, 0.6) is 0 Å². The van der Waals surface area contributed by atoms with Gasteiger partial charge in [-0.3, -0.25) is 9.59 Å². The number of halogens is 5. The Labute approximate surface area is 132 Å². The fourth-order valence-electron chi connectivity index (χ4n) is 1.76. The molecule has 0 bridgehead atoms. The molecule has 0 aliphatic heterocycles. The number of nitrogens with one attached hydrogen (secondary N) is 2. The van der Waals surface area contributed by atoms with Crippen LogP contribution >= 0.6 is 0 Å². The second-order valence-corrected chi connectivity index (χ2v) is 4.54. The summed E-state index contributed by atoms with van der Waals surface area (Å²) in [5.41, 5.74) is -1.78. The van der Waals surface area contributed by atoms with Crippen molar-refractivity contribution in [3.8, 4) is 0 Å². The van der Waals surface area contributed by atoms with Crippen LogP contribution in [0.3, 0.4) is 0 Å². The lowest BCUT2D eigenvalue weighted by Crippen LogP contribution is -2.21. The highest BCUT2D eigenvalue weighted by atomic mass is 19.3. The third-order valence-electron chi connectivity index (χ3n) is 2.88. The summed E-state index contributed by atoms with van der Waals surface area (Å²) in [6.07, 6.45) is -3.41. The van der Waals surface area contributed by atoms with Crippen LogP contribution in [0.4, 0.5) is 33.3 Å². The Morgan fingerprint density at radius 1 is 0.833 bits per heavy atom. The molecule has 0 saturated heterocycles. The van der Waals surface area contributed by atoms with E-state index in [-0.39, 0.29) is 6.07 Å². The number of anilines is 2. The number of rotatable bonds is 4. The first-order chi connectivity index (χ1) is 11.3. The van der Waals surface area contributed by atoms with Gasteiger partial charge in [0, 0.05) is 6.07 Å². The monoisotopic (exact) mass is 344 g/mol. The summed E-state index contributed by atoms with van der Waals surface area (Å²) in [5, 5.41) is 3.52.